The number of nitrogens with zero attached hydrogens (tertiary/aromatic N) is 2. The molecule has 0 aliphatic carbocycles. The van der Waals surface area contributed by atoms with Crippen molar-refractivity contribution in [3.8, 4) is 0 Å². The van der Waals surface area contributed by atoms with E-state index in [-0.39, 0.29) is 11.2 Å². The van der Waals surface area contributed by atoms with Crippen LogP contribution in [0.25, 0.3) is 0 Å². The Bertz CT molecular complexity index is 672. The van der Waals surface area contributed by atoms with Gasteiger partial charge < -0.3 is 11.1 Å². The first-order valence-corrected chi connectivity index (χ1v) is 9.16. The molecule has 22 heavy (non-hydrogen) atoms. The molecule has 2 rings (SSSR count). The highest BCUT2D eigenvalue weighted by Gasteiger charge is 2.17. The lowest BCUT2D eigenvalue weighted by molar-refractivity contribution is -0.115. The first-order valence-electron chi connectivity index (χ1n) is 6.24. The van der Waals surface area contributed by atoms with Gasteiger partial charge in [-0.25, -0.2) is 0 Å². The van der Waals surface area contributed by atoms with E-state index in [0.717, 1.165) is 8.68 Å². The topological polar surface area (TPSA) is 98.0 Å². The standard InChI is InChI=1S/C13H14N4O2S3/c1-7(21-13-17-16-12(20-2)22-13)11(19)15-9-5-3-8(4-6-9)10(14)18/h3-7H,1-2H3,(H2,14,18)(H,15,19)/t7-/m1/s1. The molecule has 116 valence electrons. The quantitative estimate of drug-likeness (QED) is 0.773. The minimum absolute atomic E-state index is 0.141. The number of hydrogen-bond donors (Lipinski definition) is 2. The summed E-state index contributed by atoms with van der Waals surface area (Å²) in [4.78, 5) is 23.1. The van der Waals surface area contributed by atoms with E-state index in [2.05, 4.69) is 15.5 Å². The number of hydrogen-bond acceptors (Lipinski definition) is 7. The summed E-state index contributed by atoms with van der Waals surface area (Å²) in [5, 5.41) is 10.5. The molecule has 0 aliphatic rings. The molecular formula is C13H14N4O2S3. The summed E-state index contributed by atoms with van der Waals surface area (Å²) in [6, 6.07) is 6.44. The van der Waals surface area contributed by atoms with Gasteiger partial charge in [-0.05, 0) is 37.4 Å². The number of nitrogens with one attached hydrogen (secondary N) is 1. The first-order chi connectivity index (χ1) is 10.5. The van der Waals surface area contributed by atoms with Crippen LogP contribution in [0.4, 0.5) is 5.69 Å². The van der Waals surface area contributed by atoms with Crippen molar-refractivity contribution in [3.63, 3.8) is 0 Å². The predicted molar refractivity (Wildman–Crippen MR) is 90.6 cm³/mol. The number of benzene rings is 1. The Labute approximate surface area is 140 Å². The summed E-state index contributed by atoms with van der Waals surface area (Å²) in [5.74, 6) is -0.639. The molecule has 1 atom stereocenters. The van der Waals surface area contributed by atoms with Crippen molar-refractivity contribution in [2.24, 2.45) is 5.73 Å². The minimum atomic E-state index is -0.498. The lowest BCUT2D eigenvalue weighted by Crippen LogP contribution is -2.22. The van der Waals surface area contributed by atoms with E-state index >= 15 is 0 Å². The molecule has 3 N–H and O–H groups in total. The molecule has 9 heteroatoms. The van der Waals surface area contributed by atoms with Gasteiger partial charge in [0.25, 0.3) is 0 Å². The highest BCUT2D eigenvalue weighted by molar-refractivity contribution is 8.03. The fourth-order valence-corrected chi connectivity index (χ4v) is 4.08. The van der Waals surface area contributed by atoms with Crippen LogP contribution in [0.15, 0.2) is 32.9 Å². The summed E-state index contributed by atoms with van der Waals surface area (Å²) in [5.41, 5.74) is 6.19. The zero-order chi connectivity index (χ0) is 16.1. The van der Waals surface area contributed by atoms with E-state index in [9.17, 15) is 9.59 Å². The summed E-state index contributed by atoms with van der Waals surface area (Å²) in [7, 11) is 0. The summed E-state index contributed by atoms with van der Waals surface area (Å²) in [6.07, 6.45) is 1.93. The molecule has 1 aromatic carbocycles. The van der Waals surface area contributed by atoms with E-state index in [1.807, 2.05) is 6.26 Å². The van der Waals surface area contributed by atoms with Crippen molar-refractivity contribution in [2.75, 3.05) is 11.6 Å². The molecule has 0 unspecified atom stereocenters. The molecular weight excluding hydrogens is 340 g/mol. The second kappa shape index (κ2) is 7.61. The molecule has 0 saturated carbocycles. The van der Waals surface area contributed by atoms with Crippen LogP contribution in [0.2, 0.25) is 0 Å². The molecule has 2 amide bonds. The third-order valence-corrected chi connectivity index (χ3v) is 5.73. The van der Waals surface area contributed by atoms with Crippen molar-refractivity contribution in [3.05, 3.63) is 29.8 Å². The number of carbonyl (C=O) groups excluding carboxylic acids is 2. The van der Waals surface area contributed by atoms with E-state index in [0.29, 0.717) is 11.3 Å². The van der Waals surface area contributed by atoms with Crippen molar-refractivity contribution in [1.29, 1.82) is 0 Å². The monoisotopic (exact) mass is 354 g/mol. The van der Waals surface area contributed by atoms with Crippen LogP contribution in [-0.2, 0) is 4.79 Å². The molecule has 0 spiro atoms. The molecule has 2 aromatic rings. The normalized spacial score (nSPS) is 11.9. The number of amides is 2. The second-order valence-electron chi connectivity index (χ2n) is 4.23. The average molecular weight is 354 g/mol. The van der Waals surface area contributed by atoms with Crippen molar-refractivity contribution in [2.45, 2.75) is 20.9 Å². The van der Waals surface area contributed by atoms with Crippen LogP contribution in [-0.4, -0.2) is 33.5 Å². The van der Waals surface area contributed by atoms with Gasteiger partial charge in [0.1, 0.15) is 0 Å². The van der Waals surface area contributed by atoms with Crippen molar-refractivity contribution >= 4 is 52.4 Å². The van der Waals surface area contributed by atoms with Gasteiger partial charge in [-0.2, -0.15) is 0 Å². The Balaban J connectivity index is 1.94. The molecule has 0 fully saturated rings. The summed E-state index contributed by atoms with van der Waals surface area (Å²) >= 11 is 4.35. The van der Waals surface area contributed by atoms with Gasteiger partial charge in [-0.15, -0.1) is 10.2 Å². The van der Waals surface area contributed by atoms with Crippen molar-refractivity contribution < 1.29 is 9.59 Å². The Morgan fingerprint density at radius 1 is 1.23 bits per heavy atom. The van der Waals surface area contributed by atoms with Crippen LogP contribution >= 0.6 is 34.9 Å². The van der Waals surface area contributed by atoms with Crippen LogP contribution in [0.5, 0.6) is 0 Å². The van der Waals surface area contributed by atoms with Gasteiger partial charge in [-0.1, -0.05) is 34.9 Å². The van der Waals surface area contributed by atoms with E-state index < -0.39 is 5.91 Å². The maximum atomic E-state index is 12.1. The van der Waals surface area contributed by atoms with E-state index in [1.54, 1.807) is 31.2 Å². The fraction of sp³-hybridized carbons (Fsp3) is 0.231. The van der Waals surface area contributed by atoms with Gasteiger partial charge in [0.05, 0.1) is 5.25 Å². The predicted octanol–water partition coefficient (Wildman–Crippen LogP) is 2.48. The SMILES string of the molecule is CSc1nnc(S[C@H](C)C(=O)Nc2ccc(C(N)=O)cc2)s1. The first kappa shape index (κ1) is 16.8. The molecule has 0 bridgehead atoms. The summed E-state index contributed by atoms with van der Waals surface area (Å²) < 4.78 is 1.63. The third-order valence-electron chi connectivity index (χ3n) is 2.65. The smallest absolute Gasteiger partial charge is 0.248 e. The molecule has 0 aliphatic heterocycles. The number of primary amides is 1. The zero-order valence-electron chi connectivity index (χ0n) is 11.9. The molecule has 1 aromatic heterocycles. The lowest BCUT2D eigenvalue weighted by atomic mass is 10.2. The number of carbonyl (C=O) groups is 2. The molecule has 1 heterocycles. The second-order valence-corrected chi connectivity index (χ2v) is 7.85. The average Bonchev–Trinajstić information content (AvgIpc) is 2.95. The molecule has 0 radical (unpaired) electrons. The van der Waals surface area contributed by atoms with Gasteiger partial charge in [0.2, 0.25) is 11.8 Å². The van der Waals surface area contributed by atoms with Crippen molar-refractivity contribution in [1.82, 2.24) is 10.2 Å². The van der Waals surface area contributed by atoms with Crippen LogP contribution in [0.1, 0.15) is 17.3 Å². The van der Waals surface area contributed by atoms with E-state index in [1.165, 1.54) is 34.9 Å². The maximum Gasteiger partial charge on any atom is 0.248 e. The van der Waals surface area contributed by atoms with Gasteiger partial charge in [0, 0.05) is 11.3 Å². The van der Waals surface area contributed by atoms with Crippen LogP contribution < -0.4 is 11.1 Å². The fourth-order valence-electron chi connectivity index (χ4n) is 1.49. The zero-order valence-corrected chi connectivity index (χ0v) is 14.3. The Morgan fingerprint density at radius 2 is 1.86 bits per heavy atom. The Morgan fingerprint density at radius 3 is 2.41 bits per heavy atom. The van der Waals surface area contributed by atoms with Gasteiger partial charge in [-0.3, -0.25) is 9.59 Å². The van der Waals surface area contributed by atoms with Crippen LogP contribution in [0, 0.1) is 0 Å². The molecule has 6 nitrogen and oxygen atoms in total. The lowest BCUT2D eigenvalue weighted by Gasteiger charge is -2.10. The highest BCUT2D eigenvalue weighted by atomic mass is 32.2. The Kier molecular flexibility index (Phi) is 5.81. The number of thioether (sulfide) groups is 2. The van der Waals surface area contributed by atoms with Gasteiger partial charge >= 0.3 is 0 Å². The highest BCUT2D eigenvalue weighted by Crippen LogP contribution is 2.30. The number of anilines is 1. The number of nitrogens with two attached hydrogens (primary N) is 1. The Hall–Kier alpha value is -1.58. The van der Waals surface area contributed by atoms with E-state index in [4.69, 9.17) is 5.73 Å². The summed E-state index contributed by atoms with van der Waals surface area (Å²) in [6.45, 7) is 1.80. The number of rotatable bonds is 6. The maximum absolute atomic E-state index is 12.1. The minimum Gasteiger partial charge on any atom is -0.366 e. The third kappa shape index (κ3) is 4.46. The molecule has 0 saturated heterocycles. The van der Waals surface area contributed by atoms with Crippen LogP contribution in [0.3, 0.4) is 0 Å². The largest absolute Gasteiger partial charge is 0.366 e. The number of aromatic nitrogens is 2. The van der Waals surface area contributed by atoms with Gasteiger partial charge in [0.15, 0.2) is 8.68 Å².